The van der Waals surface area contributed by atoms with Gasteiger partial charge in [0.2, 0.25) is 0 Å². The van der Waals surface area contributed by atoms with Crippen LogP contribution in [0.5, 0.6) is 0 Å². The first-order chi connectivity index (χ1) is 12.4. The molecule has 2 aliphatic rings. The van der Waals surface area contributed by atoms with Gasteiger partial charge in [-0.1, -0.05) is 0 Å². The molecule has 26 heavy (non-hydrogen) atoms. The number of nitrogens with two attached hydrogens (primary N) is 1. The van der Waals surface area contributed by atoms with Gasteiger partial charge in [-0.05, 0) is 48.7 Å². The highest BCUT2D eigenvalue weighted by molar-refractivity contribution is 5.94. The van der Waals surface area contributed by atoms with Gasteiger partial charge in [0, 0.05) is 56.6 Å². The van der Waals surface area contributed by atoms with Gasteiger partial charge < -0.3 is 20.1 Å². The van der Waals surface area contributed by atoms with Crippen molar-refractivity contribution in [1.29, 1.82) is 0 Å². The lowest BCUT2D eigenvalue weighted by Gasteiger charge is -2.42. The van der Waals surface area contributed by atoms with Gasteiger partial charge in [0.1, 0.15) is 0 Å². The Labute approximate surface area is 152 Å². The Balaban J connectivity index is 1.58. The molecule has 1 amide bonds. The molecule has 2 atom stereocenters. The van der Waals surface area contributed by atoms with Crippen molar-refractivity contribution in [3.8, 4) is 0 Å². The Morgan fingerprint density at radius 1 is 1.08 bits per heavy atom. The highest BCUT2D eigenvalue weighted by Crippen LogP contribution is 2.35. The minimum atomic E-state index is -0.101. The number of rotatable bonds is 2. The number of likely N-dealkylation sites (tertiary alicyclic amines) is 1. The first-order valence-electron chi connectivity index (χ1n) is 9.00. The van der Waals surface area contributed by atoms with Crippen molar-refractivity contribution in [2.24, 2.45) is 5.92 Å². The van der Waals surface area contributed by atoms with Crippen LogP contribution >= 0.6 is 0 Å². The molecular weight excluding hydrogens is 328 g/mol. The predicted octanol–water partition coefficient (Wildman–Crippen LogP) is 1.76. The molecule has 6 heteroatoms. The molecule has 1 aromatic carbocycles. The fourth-order valence-electron chi connectivity index (χ4n) is 4.21. The van der Waals surface area contributed by atoms with E-state index in [4.69, 9.17) is 5.73 Å². The minimum absolute atomic E-state index is 0.0660. The number of pyridine rings is 1. The number of hydrogen-bond donors (Lipinski definition) is 1. The molecule has 0 saturated carbocycles. The van der Waals surface area contributed by atoms with Crippen LogP contribution in [-0.2, 0) is 6.54 Å². The highest BCUT2D eigenvalue weighted by atomic mass is 16.2. The average Bonchev–Trinajstić information content (AvgIpc) is 2.64. The van der Waals surface area contributed by atoms with Crippen molar-refractivity contribution in [2.45, 2.75) is 18.9 Å². The van der Waals surface area contributed by atoms with E-state index in [0.29, 0.717) is 36.8 Å². The van der Waals surface area contributed by atoms with Gasteiger partial charge in [-0.2, -0.15) is 0 Å². The maximum absolute atomic E-state index is 13.0. The van der Waals surface area contributed by atoms with E-state index in [-0.39, 0.29) is 17.4 Å². The van der Waals surface area contributed by atoms with Crippen LogP contribution in [-0.4, -0.2) is 42.6 Å². The third-order valence-electron chi connectivity index (χ3n) is 5.55. The molecule has 0 aliphatic carbocycles. The summed E-state index contributed by atoms with van der Waals surface area (Å²) in [5.41, 5.74) is 8.76. The van der Waals surface area contributed by atoms with Crippen LogP contribution in [0.15, 0.2) is 41.2 Å². The number of piperidine rings is 1. The van der Waals surface area contributed by atoms with Gasteiger partial charge in [-0.3, -0.25) is 9.59 Å². The van der Waals surface area contributed by atoms with E-state index in [1.54, 1.807) is 6.07 Å². The second-order valence-electron chi connectivity index (χ2n) is 7.58. The summed E-state index contributed by atoms with van der Waals surface area (Å²) < 4.78 is 1.81. The summed E-state index contributed by atoms with van der Waals surface area (Å²) in [5, 5.41) is 0. The summed E-state index contributed by atoms with van der Waals surface area (Å²) in [6.45, 7) is 1.97. The number of nitrogen functional groups attached to an aromatic ring is 1. The van der Waals surface area contributed by atoms with Gasteiger partial charge in [0.25, 0.3) is 11.5 Å². The largest absolute Gasteiger partial charge is 0.394 e. The minimum Gasteiger partial charge on any atom is -0.394 e. The first kappa shape index (κ1) is 16.7. The maximum Gasteiger partial charge on any atom is 0.273 e. The molecule has 1 fully saturated rings. The molecule has 3 heterocycles. The number of benzene rings is 1. The molecule has 0 spiro atoms. The van der Waals surface area contributed by atoms with E-state index in [2.05, 4.69) is 0 Å². The van der Waals surface area contributed by atoms with Crippen molar-refractivity contribution in [3.63, 3.8) is 0 Å². The number of fused-ring (bicyclic) bond motifs is 4. The monoisotopic (exact) mass is 352 g/mol. The Bertz CT molecular complexity index is 901. The smallest absolute Gasteiger partial charge is 0.273 e. The van der Waals surface area contributed by atoms with E-state index in [9.17, 15) is 9.59 Å². The van der Waals surface area contributed by atoms with Crippen molar-refractivity contribution in [3.05, 3.63) is 58.0 Å². The lowest BCUT2D eigenvalue weighted by molar-refractivity contribution is 0.0595. The number of amides is 1. The van der Waals surface area contributed by atoms with Crippen LogP contribution in [0.25, 0.3) is 0 Å². The van der Waals surface area contributed by atoms with Crippen LogP contribution in [0.1, 0.15) is 28.4 Å². The molecule has 0 unspecified atom stereocenters. The maximum atomic E-state index is 13.0. The summed E-state index contributed by atoms with van der Waals surface area (Å²) in [6.07, 6.45) is 1.02. The summed E-state index contributed by atoms with van der Waals surface area (Å²) in [4.78, 5) is 29.2. The summed E-state index contributed by atoms with van der Waals surface area (Å²) in [5.74, 6) is 0.558. The van der Waals surface area contributed by atoms with Gasteiger partial charge in [0.15, 0.2) is 0 Å². The number of carbonyl (C=O) groups excluding carboxylic acids is 1. The number of nitrogens with zero attached hydrogens (tertiary/aromatic N) is 3. The molecule has 2 bridgehead atoms. The number of hydrogen-bond acceptors (Lipinski definition) is 4. The van der Waals surface area contributed by atoms with Crippen molar-refractivity contribution in [1.82, 2.24) is 9.47 Å². The van der Waals surface area contributed by atoms with Crippen LogP contribution < -0.4 is 16.2 Å². The standard InChI is InChI=1S/C20H24N4O2/c1-22(2)16-5-3-14(4-6-16)19(25)23-10-13-9-15(12-23)18-8-7-17(21)20(26)24(18)11-13/h3-8,13,15H,9-12,21H2,1-2H3/t13-,15+/m0/s1. The van der Waals surface area contributed by atoms with Gasteiger partial charge in [0.05, 0.1) is 5.69 Å². The molecule has 1 aromatic heterocycles. The number of aromatic nitrogens is 1. The lowest BCUT2D eigenvalue weighted by atomic mass is 9.83. The Morgan fingerprint density at radius 2 is 1.81 bits per heavy atom. The normalized spacial score (nSPS) is 21.2. The van der Waals surface area contributed by atoms with Crippen LogP contribution in [0.3, 0.4) is 0 Å². The molecule has 2 aromatic rings. The second kappa shape index (κ2) is 6.20. The number of anilines is 2. The molecule has 4 rings (SSSR count). The van der Waals surface area contributed by atoms with Gasteiger partial charge >= 0.3 is 0 Å². The quantitative estimate of drug-likeness (QED) is 0.894. The fourth-order valence-corrected chi connectivity index (χ4v) is 4.21. The third-order valence-corrected chi connectivity index (χ3v) is 5.55. The summed E-state index contributed by atoms with van der Waals surface area (Å²) in [6, 6.07) is 11.3. The molecule has 2 N–H and O–H groups in total. The molecule has 1 saturated heterocycles. The van der Waals surface area contributed by atoms with E-state index in [1.807, 2.05) is 58.8 Å². The van der Waals surface area contributed by atoms with Gasteiger partial charge in [-0.15, -0.1) is 0 Å². The molecule has 136 valence electrons. The van der Waals surface area contributed by atoms with E-state index in [0.717, 1.165) is 17.8 Å². The van der Waals surface area contributed by atoms with Crippen LogP contribution in [0.4, 0.5) is 11.4 Å². The van der Waals surface area contributed by atoms with E-state index < -0.39 is 0 Å². The summed E-state index contributed by atoms with van der Waals surface area (Å²) in [7, 11) is 3.96. The molecular formula is C20H24N4O2. The third kappa shape index (κ3) is 2.75. The second-order valence-corrected chi connectivity index (χ2v) is 7.58. The Kier molecular flexibility index (Phi) is 3.98. The topological polar surface area (TPSA) is 71.6 Å². The van der Waals surface area contributed by atoms with E-state index >= 15 is 0 Å². The fraction of sp³-hybridized carbons (Fsp3) is 0.400. The predicted molar refractivity (Wildman–Crippen MR) is 103 cm³/mol. The zero-order valence-corrected chi connectivity index (χ0v) is 15.2. The zero-order valence-electron chi connectivity index (χ0n) is 15.2. The van der Waals surface area contributed by atoms with Crippen molar-refractivity contribution >= 4 is 17.3 Å². The molecule has 0 radical (unpaired) electrons. The van der Waals surface area contributed by atoms with Crippen LogP contribution in [0.2, 0.25) is 0 Å². The van der Waals surface area contributed by atoms with Crippen molar-refractivity contribution < 1.29 is 4.79 Å². The van der Waals surface area contributed by atoms with Crippen molar-refractivity contribution in [2.75, 3.05) is 37.8 Å². The highest BCUT2D eigenvalue weighted by Gasteiger charge is 2.36. The average molecular weight is 352 g/mol. The molecule has 2 aliphatic heterocycles. The Morgan fingerprint density at radius 3 is 2.50 bits per heavy atom. The lowest BCUT2D eigenvalue weighted by Crippen LogP contribution is -2.49. The zero-order chi connectivity index (χ0) is 18.4. The Hall–Kier alpha value is -2.76. The first-order valence-corrected chi connectivity index (χ1v) is 9.00. The SMILES string of the molecule is CN(C)c1ccc(C(=O)N2C[C@@H]3C[C@H](C2)c2ccc(N)c(=O)n2C3)cc1. The number of carbonyl (C=O) groups is 1. The molecule has 6 nitrogen and oxygen atoms in total. The summed E-state index contributed by atoms with van der Waals surface area (Å²) >= 11 is 0. The van der Waals surface area contributed by atoms with Crippen LogP contribution in [0, 0.1) is 5.92 Å². The van der Waals surface area contributed by atoms with E-state index in [1.165, 1.54) is 0 Å². The van der Waals surface area contributed by atoms with Gasteiger partial charge in [-0.25, -0.2) is 0 Å².